The molecule has 3 heterocycles. The number of piperidine rings is 1. The number of nitrogens with two attached hydrogens (primary N) is 1. The molecule has 0 unspecified atom stereocenters. The number of aromatic nitrogens is 4. The SMILES string of the molecule is Nc1ncnc2c1c(-c1ccc(Oc3ccccc3)cc1)nn2C1CCC2(CCNC(=O)C2)CC1. The number of nitrogen functional groups attached to an aromatic ring is 1. The second-order valence-electron chi connectivity index (χ2n) is 9.70. The maximum absolute atomic E-state index is 12.0. The van der Waals surface area contributed by atoms with Crippen molar-refractivity contribution < 1.29 is 9.53 Å². The summed E-state index contributed by atoms with van der Waals surface area (Å²) in [5.41, 5.74) is 8.93. The first-order chi connectivity index (χ1) is 17.1. The minimum absolute atomic E-state index is 0.132. The number of para-hydroxylation sites is 1. The van der Waals surface area contributed by atoms with Crippen molar-refractivity contribution in [3.05, 3.63) is 60.9 Å². The van der Waals surface area contributed by atoms with E-state index < -0.39 is 0 Å². The van der Waals surface area contributed by atoms with Crippen LogP contribution in [0, 0.1) is 5.41 Å². The van der Waals surface area contributed by atoms with Crippen LogP contribution >= 0.6 is 0 Å². The van der Waals surface area contributed by atoms with Crippen LogP contribution in [0.5, 0.6) is 11.5 Å². The Morgan fingerprint density at radius 3 is 2.46 bits per heavy atom. The Hall–Kier alpha value is -3.94. The summed E-state index contributed by atoms with van der Waals surface area (Å²) in [5.74, 6) is 2.15. The zero-order valence-corrected chi connectivity index (χ0v) is 19.5. The molecule has 1 aliphatic heterocycles. The quantitative estimate of drug-likeness (QED) is 0.442. The molecule has 1 amide bonds. The van der Waals surface area contributed by atoms with E-state index in [4.69, 9.17) is 15.6 Å². The third-order valence-electron chi connectivity index (χ3n) is 7.50. The van der Waals surface area contributed by atoms with Gasteiger partial charge < -0.3 is 15.8 Å². The van der Waals surface area contributed by atoms with Gasteiger partial charge in [0.05, 0.1) is 11.4 Å². The fourth-order valence-electron chi connectivity index (χ4n) is 5.60. The number of carbonyl (C=O) groups excluding carboxylic acids is 1. The summed E-state index contributed by atoms with van der Waals surface area (Å²) in [7, 11) is 0. The first kappa shape index (κ1) is 21.6. The molecule has 1 saturated heterocycles. The Kier molecular flexibility index (Phi) is 5.36. The number of nitrogens with one attached hydrogen (secondary N) is 1. The van der Waals surface area contributed by atoms with Gasteiger partial charge in [-0.25, -0.2) is 14.6 Å². The summed E-state index contributed by atoms with van der Waals surface area (Å²) in [4.78, 5) is 20.8. The molecule has 1 saturated carbocycles. The number of ether oxygens (including phenoxy) is 1. The van der Waals surface area contributed by atoms with Gasteiger partial charge in [-0.15, -0.1) is 0 Å². The molecular weight excluding hydrogens is 440 g/mol. The smallest absolute Gasteiger partial charge is 0.220 e. The molecule has 2 fully saturated rings. The highest BCUT2D eigenvalue weighted by Gasteiger charge is 2.40. The number of hydrogen-bond donors (Lipinski definition) is 2. The predicted molar refractivity (Wildman–Crippen MR) is 134 cm³/mol. The highest BCUT2D eigenvalue weighted by molar-refractivity contribution is 5.98. The summed E-state index contributed by atoms with van der Waals surface area (Å²) in [6, 6.07) is 17.8. The van der Waals surface area contributed by atoms with Gasteiger partial charge in [0.25, 0.3) is 0 Å². The summed E-state index contributed by atoms with van der Waals surface area (Å²) < 4.78 is 7.97. The molecule has 1 spiro atoms. The second kappa shape index (κ2) is 8.69. The molecule has 3 N–H and O–H groups in total. The van der Waals surface area contributed by atoms with Crippen molar-refractivity contribution in [2.75, 3.05) is 12.3 Å². The van der Waals surface area contributed by atoms with Crippen LogP contribution in [0.1, 0.15) is 44.6 Å². The number of fused-ring (bicyclic) bond motifs is 1. The second-order valence-corrected chi connectivity index (χ2v) is 9.70. The van der Waals surface area contributed by atoms with Gasteiger partial charge in [0.2, 0.25) is 5.91 Å². The number of benzene rings is 2. The summed E-state index contributed by atoms with van der Waals surface area (Å²) in [6.45, 7) is 0.784. The van der Waals surface area contributed by atoms with E-state index in [1.165, 1.54) is 6.33 Å². The van der Waals surface area contributed by atoms with Crippen LogP contribution < -0.4 is 15.8 Å². The number of hydrogen-bond acceptors (Lipinski definition) is 6. The molecule has 8 heteroatoms. The van der Waals surface area contributed by atoms with Gasteiger partial charge in [0, 0.05) is 18.5 Å². The lowest BCUT2D eigenvalue weighted by atomic mass is 9.67. The van der Waals surface area contributed by atoms with Crippen LogP contribution in [-0.4, -0.2) is 32.2 Å². The van der Waals surface area contributed by atoms with Crippen molar-refractivity contribution in [3.63, 3.8) is 0 Å². The van der Waals surface area contributed by atoms with Gasteiger partial charge in [0.15, 0.2) is 5.65 Å². The molecular formula is C27H28N6O2. The first-order valence-corrected chi connectivity index (χ1v) is 12.2. The lowest BCUT2D eigenvalue weighted by Crippen LogP contribution is -2.42. The van der Waals surface area contributed by atoms with Crippen molar-refractivity contribution in [1.82, 2.24) is 25.1 Å². The molecule has 1 aliphatic carbocycles. The predicted octanol–water partition coefficient (Wildman–Crippen LogP) is 4.88. The van der Waals surface area contributed by atoms with Gasteiger partial charge >= 0.3 is 0 Å². The lowest BCUT2D eigenvalue weighted by molar-refractivity contribution is -0.126. The minimum Gasteiger partial charge on any atom is -0.457 e. The third kappa shape index (κ3) is 4.09. The molecule has 35 heavy (non-hydrogen) atoms. The zero-order valence-electron chi connectivity index (χ0n) is 19.5. The summed E-state index contributed by atoms with van der Waals surface area (Å²) in [6.07, 6.45) is 7.18. The Bertz CT molecular complexity index is 1360. The average molecular weight is 469 g/mol. The van der Waals surface area contributed by atoms with Crippen LogP contribution in [0.3, 0.4) is 0 Å². The fourth-order valence-corrected chi connectivity index (χ4v) is 5.60. The van der Waals surface area contributed by atoms with E-state index in [0.717, 1.165) is 72.4 Å². The highest BCUT2D eigenvalue weighted by Crippen LogP contribution is 2.47. The largest absolute Gasteiger partial charge is 0.457 e. The molecule has 2 aromatic heterocycles. The summed E-state index contributed by atoms with van der Waals surface area (Å²) >= 11 is 0. The highest BCUT2D eigenvalue weighted by atomic mass is 16.5. The third-order valence-corrected chi connectivity index (χ3v) is 7.50. The van der Waals surface area contributed by atoms with E-state index >= 15 is 0 Å². The Morgan fingerprint density at radius 1 is 0.971 bits per heavy atom. The molecule has 0 radical (unpaired) electrons. The topological polar surface area (TPSA) is 108 Å². The normalized spacial score (nSPS) is 22.3. The van der Waals surface area contributed by atoms with Crippen LogP contribution in [0.25, 0.3) is 22.3 Å². The van der Waals surface area contributed by atoms with E-state index in [0.29, 0.717) is 12.2 Å². The molecule has 178 valence electrons. The number of carbonyl (C=O) groups is 1. The molecule has 8 nitrogen and oxygen atoms in total. The van der Waals surface area contributed by atoms with Crippen molar-refractivity contribution in [1.29, 1.82) is 0 Å². The van der Waals surface area contributed by atoms with Crippen molar-refractivity contribution >= 4 is 22.8 Å². The number of nitrogens with zero attached hydrogens (tertiary/aromatic N) is 4. The number of anilines is 1. The van der Waals surface area contributed by atoms with Crippen molar-refractivity contribution in [3.8, 4) is 22.8 Å². The maximum atomic E-state index is 12.0. The van der Waals surface area contributed by atoms with Gasteiger partial charge in [-0.1, -0.05) is 18.2 Å². The standard InChI is InChI=1S/C27H28N6O2/c28-25-23-24(18-6-8-21(9-7-18)35-20-4-2-1-3-5-20)32-33(26(23)31-17-30-25)19-10-12-27(13-11-19)14-15-29-22(34)16-27/h1-9,17,19H,10-16H2,(H,29,34)(H2,28,30,31). The molecule has 0 bridgehead atoms. The van der Waals surface area contributed by atoms with E-state index in [2.05, 4.69) is 15.3 Å². The molecule has 2 aromatic carbocycles. The van der Waals surface area contributed by atoms with E-state index in [9.17, 15) is 4.79 Å². The van der Waals surface area contributed by atoms with E-state index in [-0.39, 0.29) is 17.4 Å². The van der Waals surface area contributed by atoms with E-state index in [1.807, 2.05) is 59.3 Å². The molecule has 6 rings (SSSR count). The van der Waals surface area contributed by atoms with Crippen LogP contribution in [0.15, 0.2) is 60.9 Å². The number of amides is 1. The Balaban J connectivity index is 1.29. The zero-order chi connectivity index (χ0) is 23.8. The van der Waals surface area contributed by atoms with Gasteiger partial charge in [0.1, 0.15) is 29.3 Å². The minimum atomic E-state index is 0.132. The summed E-state index contributed by atoms with van der Waals surface area (Å²) in [5, 5.41) is 8.77. The Labute approximate surface area is 203 Å². The van der Waals surface area contributed by atoms with Crippen LogP contribution in [-0.2, 0) is 4.79 Å². The van der Waals surface area contributed by atoms with Crippen LogP contribution in [0.4, 0.5) is 5.82 Å². The van der Waals surface area contributed by atoms with Crippen molar-refractivity contribution in [2.24, 2.45) is 5.41 Å². The maximum Gasteiger partial charge on any atom is 0.220 e. The monoisotopic (exact) mass is 468 g/mol. The molecule has 0 atom stereocenters. The molecule has 2 aliphatic rings. The van der Waals surface area contributed by atoms with Gasteiger partial charge in [-0.05, 0) is 73.9 Å². The average Bonchev–Trinajstić information content (AvgIpc) is 3.27. The van der Waals surface area contributed by atoms with Gasteiger partial charge in [-0.3, -0.25) is 4.79 Å². The van der Waals surface area contributed by atoms with E-state index in [1.54, 1.807) is 0 Å². The number of rotatable bonds is 4. The first-order valence-electron chi connectivity index (χ1n) is 12.2. The Morgan fingerprint density at radius 2 is 1.71 bits per heavy atom. The van der Waals surface area contributed by atoms with Crippen LogP contribution in [0.2, 0.25) is 0 Å². The van der Waals surface area contributed by atoms with Crippen molar-refractivity contribution in [2.45, 2.75) is 44.6 Å². The molecule has 4 aromatic rings. The lowest BCUT2D eigenvalue weighted by Gasteiger charge is -2.42. The van der Waals surface area contributed by atoms with Gasteiger partial charge in [-0.2, -0.15) is 5.10 Å². The fraction of sp³-hybridized carbons (Fsp3) is 0.333.